The molecule has 3 rings (SSSR count). The third-order valence-corrected chi connectivity index (χ3v) is 5.64. The van der Waals surface area contributed by atoms with Crippen LogP contribution in [-0.4, -0.2) is 40.3 Å². The Kier molecular flexibility index (Phi) is 5.79. The lowest BCUT2D eigenvalue weighted by Crippen LogP contribution is -2.41. The molecular formula is C20H24N2O5S. The summed E-state index contributed by atoms with van der Waals surface area (Å²) in [5, 5.41) is 2.85. The number of carbonyl (C=O) groups is 1. The quantitative estimate of drug-likeness (QED) is 0.799. The number of hydrogen-bond donors (Lipinski definition) is 1. The summed E-state index contributed by atoms with van der Waals surface area (Å²) in [5.41, 5.74) is 2.12. The van der Waals surface area contributed by atoms with Gasteiger partial charge in [0.2, 0.25) is 15.9 Å². The monoisotopic (exact) mass is 404 g/mol. The number of fused-ring (bicyclic) bond motifs is 1. The lowest BCUT2D eigenvalue weighted by atomic mass is 10.1. The lowest BCUT2D eigenvalue weighted by molar-refractivity contribution is -0.120. The standard InChI is InChI=1S/C20H24N2O5S/c1-14-6-4-5-7-17(14)22(28(3,24)25)13-20(23)21-15(2)16-8-9-18-19(12-16)27-11-10-26-18/h4-9,12,15H,10-11,13H2,1-3H3,(H,21,23)/t15-/m1/s1. The summed E-state index contributed by atoms with van der Waals surface area (Å²) >= 11 is 0. The zero-order chi connectivity index (χ0) is 20.3. The van der Waals surface area contributed by atoms with Crippen molar-refractivity contribution < 1.29 is 22.7 Å². The second-order valence-electron chi connectivity index (χ2n) is 6.75. The van der Waals surface area contributed by atoms with Gasteiger partial charge in [-0.05, 0) is 43.2 Å². The molecular weight excluding hydrogens is 380 g/mol. The Morgan fingerprint density at radius 3 is 2.50 bits per heavy atom. The zero-order valence-electron chi connectivity index (χ0n) is 16.1. The van der Waals surface area contributed by atoms with Crippen LogP contribution in [0.15, 0.2) is 42.5 Å². The highest BCUT2D eigenvalue weighted by Gasteiger charge is 2.23. The zero-order valence-corrected chi connectivity index (χ0v) is 17.0. The average Bonchev–Trinajstić information content (AvgIpc) is 2.65. The predicted molar refractivity (Wildman–Crippen MR) is 107 cm³/mol. The minimum Gasteiger partial charge on any atom is -0.486 e. The second-order valence-corrected chi connectivity index (χ2v) is 8.66. The van der Waals surface area contributed by atoms with Gasteiger partial charge < -0.3 is 14.8 Å². The first kappa shape index (κ1) is 20.0. The van der Waals surface area contributed by atoms with E-state index in [0.29, 0.717) is 30.4 Å². The first-order chi connectivity index (χ1) is 13.3. The van der Waals surface area contributed by atoms with E-state index in [2.05, 4.69) is 5.32 Å². The highest BCUT2D eigenvalue weighted by Crippen LogP contribution is 2.32. The van der Waals surface area contributed by atoms with Gasteiger partial charge in [-0.25, -0.2) is 8.42 Å². The molecule has 0 bridgehead atoms. The van der Waals surface area contributed by atoms with Crippen molar-refractivity contribution in [3.63, 3.8) is 0 Å². The van der Waals surface area contributed by atoms with E-state index in [4.69, 9.17) is 9.47 Å². The Labute approximate surface area is 165 Å². The Bertz CT molecular complexity index is 974. The predicted octanol–water partition coefficient (Wildman–Crippen LogP) is 2.41. The molecule has 150 valence electrons. The number of amides is 1. The van der Waals surface area contributed by atoms with Gasteiger partial charge >= 0.3 is 0 Å². The number of aryl methyl sites for hydroxylation is 1. The molecule has 1 N–H and O–H groups in total. The van der Waals surface area contributed by atoms with Crippen molar-refractivity contribution in [1.82, 2.24) is 5.32 Å². The van der Waals surface area contributed by atoms with Gasteiger partial charge in [0.05, 0.1) is 18.0 Å². The van der Waals surface area contributed by atoms with Gasteiger partial charge in [0.25, 0.3) is 0 Å². The summed E-state index contributed by atoms with van der Waals surface area (Å²) < 4.78 is 36.7. The van der Waals surface area contributed by atoms with Crippen molar-refractivity contribution in [3.8, 4) is 11.5 Å². The van der Waals surface area contributed by atoms with Crippen LogP contribution >= 0.6 is 0 Å². The van der Waals surface area contributed by atoms with Crippen LogP contribution in [0.5, 0.6) is 11.5 Å². The van der Waals surface area contributed by atoms with Gasteiger partial charge in [0, 0.05) is 0 Å². The van der Waals surface area contributed by atoms with Gasteiger partial charge in [0.1, 0.15) is 19.8 Å². The van der Waals surface area contributed by atoms with E-state index in [-0.39, 0.29) is 12.6 Å². The van der Waals surface area contributed by atoms with Crippen LogP contribution < -0.4 is 19.1 Å². The maximum Gasteiger partial charge on any atom is 0.241 e. The molecule has 0 unspecified atom stereocenters. The number of rotatable bonds is 6. The van der Waals surface area contributed by atoms with E-state index in [0.717, 1.165) is 21.7 Å². The van der Waals surface area contributed by atoms with E-state index in [9.17, 15) is 13.2 Å². The molecule has 0 radical (unpaired) electrons. The van der Waals surface area contributed by atoms with Crippen molar-refractivity contribution in [3.05, 3.63) is 53.6 Å². The summed E-state index contributed by atoms with van der Waals surface area (Å²) in [6, 6.07) is 12.2. The van der Waals surface area contributed by atoms with E-state index in [1.807, 2.05) is 44.2 Å². The minimum atomic E-state index is -3.61. The van der Waals surface area contributed by atoms with Gasteiger partial charge in [-0.15, -0.1) is 0 Å². The molecule has 0 spiro atoms. The number of hydrogen-bond acceptors (Lipinski definition) is 5. The van der Waals surface area contributed by atoms with Gasteiger partial charge in [-0.3, -0.25) is 9.10 Å². The molecule has 28 heavy (non-hydrogen) atoms. The summed E-state index contributed by atoms with van der Waals surface area (Å²) in [4.78, 5) is 12.6. The molecule has 0 aromatic heterocycles. The molecule has 0 saturated carbocycles. The van der Waals surface area contributed by atoms with Crippen LogP contribution in [0.25, 0.3) is 0 Å². The maximum absolute atomic E-state index is 12.6. The molecule has 0 saturated heterocycles. The molecule has 0 fully saturated rings. The van der Waals surface area contributed by atoms with Crippen LogP contribution in [0.4, 0.5) is 5.69 Å². The molecule has 2 aromatic rings. The normalized spacial score (nSPS) is 14.2. The Morgan fingerprint density at radius 1 is 1.14 bits per heavy atom. The van der Waals surface area contributed by atoms with Crippen molar-refractivity contribution in [2.45, 2.75) is 19.9 Å². The first-order valence-electron chi connectivity index (χ1n) is 8.98. The Morgan fingerprint density at radius 2 is 1.82 bits per heavy atom. The van der Waals surface area contributed by atoms with E-state index >= 15 is 0 Å². The Hall–Kier alpha value is -2.74. The van der Waals surface area contributed by atoms with Crippen molar-refractivity contribution in [1.29, 1.82) is 0 Å². The second kappa shape index (κ2) is 8.10. The van der Waals surface area contributed by atoms with Crippen molar-refractivity contribution in [2.24, 2.45) is 0 Å². The third kappa shape index (κ3) is 4.56. The highest BCUT2D eigenvalue weighted by atomic mass is 32.2. The number of anilines is 1. The summed E-state index contributed by atoms with van der Waals surface area (Å²) in [6.45, 7) is 4.35. The molecule has 1 atom stereocenters. The van der Waals surface area contributed by atoms with Gasteiger partial charge in [0.15, 0.2) is 11.5 Å². The molecule has 7 nitrogen and oxygen atoms in total. The van der Waals surface area contributed by atoms with Gasteiger partial charge in [-0.2, -0.15) is 0 Å². The Balaban J connectivity index is 1.73. The topological polar surface area (TPSA) is 84.9 Å². The average molecular weight is 404 g/mol. The van der Waals surface area contributed by atoms with Crippen LogP contribution in [0.1, 0.15) is 24.1 Å². The fraction of sp³-hybridized carbons (Fsp3) is 0.350. The fourth-order valence-electron chi connectivity index (χ4n) is 3.05. The van der Waals surface area contributed by atoms with Gasteiger partial charge in [-0.1, -0.05) is 24.3 Å². The van der Waals surface area contributed by atoms with Crippen LogP contribution in [-0.2, 0) is 14.8 Å². The number of ether oxygens (including phenoxy) is 2. The number of para-hydroxylation sites is 1. The molecule has 0 aliphatic carbocycles. The summed E-state index contributed by atoms with van der Waals surface area (Å²) in [7, 11) is -3.61. The largest absolute Gasteiger partial charge is 0.486 e. The third-order valence-electron chi connectivity index (χ3n) is 4.52. The number of sulfonamides is 1. The molecule has 8 heteroatoms. The molecule has 2 aromatic carbocycles. The number of benzene rings is 2. The minimum absolute atomic E-state index is 0.293. The first-order valence-corrected chi connectivity index (χ1v) is 10.8. The maximum atomic E-state index is 12.6. The van der Waals surface area contributed by atoms with Crippen LogP contribution in [0.2, 0.25) is 0 Å². The molecule has 1 amide bonds. The van der Waals surface area contributed by atoms with E-state index in [1.165, 1.54) is 0 Å². The summed E-state index contributed by atoms with van der Waals surface area (Å²) in [6.07, 6.45) is 1.09. The SMILES string of the molecule is Cc1ccccc1N(CC(=O)N[C@H](C)c1ccc2c(c1)OCCO2)S(C)(=O)=O. The lowest BCUT2D eigenvalue weighted by Gasteiger charge is -2.25. The molecule has 1 aliphatic rings. The fourth-order valence-corrected chi connectivity index (χ4v) is 3.97. The van der Waals surface area contributed by atoms with E-state index < -0.39 is 15.9 Å². The molecule has 1 aliphatic heterocycles. The smallest absolute Gasteiger partial charge is 0.241 e. The summed E-state index contributed by atoms with van der Waals surface area (Å²) in [5.74, 6) is 0.926. The van der Waals surface area contributed by atoms with E-state index in [1.54, 1.807) is 12.1 Å². The van der Waals surface area contributed by atoms with Crippen molar-refractivity contribution >= 4 is 21.6 Å². The van der Waals surface area contributed by atoms with Crippen molar-refractivity contribution in [2.75, 3.05) is 30.3 Å². The molecule has 1 heterocycles. The number of carbonyl (C=O) groups excluding carboxylic acids is 1. The highest BCUT2D eigenvalue weighted by molar-refractivity contribution is 7.92. The van der Waals surface area contributed by atoms with Crippen LogP contribution in [0.3, 0.4) is 0 Å². The van der Waals surface area contributed by atoms with Crippen LogP contribution in [0, 0.1) is 6.92 Å². The number of nitrogens with zero attached hydrogens (tertiary/aromatic N) is 1. The number of nitrogens with one attached hydrogen (secondary N) is 1.